The minimum absolute atomic E-state index is 0.0526. The van der Waals surface area contributed by atoms with Crippen molar-refractivity contribution in [3.05, 3.63) is 17.5 Å². The van der Waals surface area contributed by atoms with E-state index >= 15 is 0 Å². The van der Waals surface area contributed by atoms with Gasteiger partial charge in [0.2, 0.25) is 0 Å². The van der Waals surface area contributed by atoms with Crippen LogP contribution >= 0.6 is 0 Å². The predicted octanol–water partition coefficient (Wildman–Crippen LogP) is 1.89. The van der Waals surface area contributed by atoms with Crippen LogP contribution in [0.25, 0.3) is 0 Å². The fraction of sp³-hybridized carbons (Fsp3) is 0.765. The van der Waals surface area contributed by atoms with Crippen molar-refractivity contribution in [3.8, 4) is 0 Å². The highest BCUT2D eigenvalue weighted by Gasteiger charge is 2.32. The number of hydrogen-bond acceptors (Lipinski definition) is 4. The van der Waals surface area contributed by atoms with Gasteiger partial charge in [-0.2, -0.15) is 5.10 Å². The summed E-state index contributed by atoms with van der Waals surface area (Å²) in [6, 6.07) is -0.0706. The van der Waals surface area contributed by atoms with Gasteiger partial charge in [0.15, 0.2) is 5.79 Å². The molecule has 7 nitrogen and oxygen atoms in total. The van der Waals surface area contributed by atoms with Gasteiger partial charge in [-0.05, 0) is 32.1 Å². The molecule has 1 aliphatic heterocycles. The summed E-state index contributed by atoms with van der Waals surface area (Å²) in [5.74, 6) is -0.231. The van der Waals surface area contributed by atoms with E-state index < -0.39 is 5.79 Å². The minimum atomic E-state index is -0.508. The molecule has 1 aliphatic carbocycles. The van der Waals surface area contributed by atoms with Crippen LogP contribution in [0.2, 0.25) is 0 Å². The van der Waals surface area contributed by atoms with Crippen LogP contribution < -0.4 is 10.6 Å². The maximum atomic E-state index is 12.2. The predicted molar refractivity (Wildman–Crippen MR) is 89.5 cm³/mol. The van der Waals surface area contributed by atoms with Crippen molar-refractivity contribution >= 4 is 6.03 Å². The molecule has 0 aromatic carbocycles. The van der Waals surface area contributed by atoms with E-state index in [1.165, 1.54) is 0 Å². The van der Waals surface area contributed by atoms with Crippen LogP contribution in [0.5, 0.6) is 0 Å². The number of urea groups is 1. The second-order valence-electron chi connectivity index (χ2n) is 7.14. The van der Waals surface area contributed by atoms with E-state index in [0.717, 1.165) is 36.9 Å². The Morgan fingerprint density at radius 1 is 1.50 bits per heavy atom. The van der Waals surface area contributed by atoms with Crippen LogP contribution in [0.4, 0.5) is 4.79 Å². The van der Waals surface area contributed by atoms with Crippen molar-refractivity contribution in [3.63, 3.8) is 0 Å². The Balaban J connectivity index is 1.46. The molecule has 1 saturated heterocycles. The monoisotopic (exact) mass is 336 g/mol. The Hall–Kier alpha value is -1.60. The second-order valence-corrected chi connectivity index (χ2v) is 7.14. The number of carbonyl (C=O) groups is 1. The molecule has 1 aromatic rings. The highest BCUT2D eigenvalue weighted by atomic mass is 16.7. The molecule has 2 unspecified atom stereocenters. The van der Waals surface area contributed by atoms with Crippen LogP contribution in [-0.4, -0.2) is 41.4 Å². The Labute approximate surface area is 143 Å². The lowest BCUT2D eigenvalue weighted by Crippen LogP contribution is -2.41. The summed E-state index contributed by atoms with van der Waals surface area (Å²) in [6.07, 6.45) is 5.78. The molecule has 0 radical (unpaired) electrons. The van der Waals surface area contributed by atoms with Gasteiger partial charge in [0.25, 0.3) is 0 Å². The average Bonchev–Trinajstić information content (AvgIpc) is 3.11. The Morgan fingerprint density at radius 3 is 3.00 bits per heavy atom. The molecule has 0 bridgehead atoms. The topological polar surface area (TPSA) is 77.4 Å². The van der Waals surface area contributed by atoms with Crippen molar-refractivity contribution < 1.29 is 14.3 Å². The molecule has 134 valence electrons. The van der Waals surface area contributed by atoms with Gasteiger partial charge in [0.1, 0.15) is 0 Å². The van der Waals surface area contributed by atoms with Crippen molar-refractivity contribution in [1.82, 2.24) is 20.4 Å². The maximum Gasteiger partial charge on any atom is 0.315 e. The molecule has 1 fully saturated rings. The molecular weight excluding hydrogens is 308 g/mol. The van der Waals surface area contributed by atoms with E-state index in [4.69, 9.17) is 9.47 Å². The summed E-state index contributed by atoms with van der Waals surface area (Å²) in [6.45, 7) is 5.94. The zero-order valence-electron chi connectivity index (χ0n) is 14.8. The summed E-state index contributed by atoms with van der Waals surface area (Å²) >= 11 is 0. The van der Waals surface area contributed by atoms with Gasteiger partial charge in [-0.1, -0.05) is 6.92 Å². The molecule has 2 atom stereocenters. The van der Waals surface area contributed by atoms with Gasteiger partial charge in [-0.3, -0.25) is 4.68 Å². The average molecular weight is 336 g/mol. The molecule has 7 heteroatoms. The van der Waals surface area contributed by atoms with Gasteiger partial charge in [0.05, 0.1) is 24.9 Å². The highest BCUT2D eigenvalue weighted by Crippen LogP contribution is 2.29. The molecule has 2 N–H and O–H groups in total. The van der Waals surface area contributed by atoms with Crippen LogP contribution in [-0.2, 0) is 22.9 Å². The molecule has 2 amide bonds. The fourth-order valence-corrected chi connectivity index (χ4v) is 3.67. The van der Waals surface area contributed by atoms with Crippen molar-refractivity contribution in [2.24, 2.45) is 13.0 Å². The first-order valence-corrected chi connectivity index (χ1v) is 8.80. The van der Waals surface area contributed by atoms with E-state index in [1.54, 1.807) is 0 Å². The molecule has 0 saturated carbocycles. The standard InChI is InChI=1S/C17H28N4O3/c1-12(9-17(2)23-7-8-24-17)10-18-16(22)19-14-5-4-6-15-13(14)11-21(3)20-15/h11-12,14H,4-10H2,1-3H3,(H2,18,19,22). The molecule has 3 rings (SSSR count). The number of nitrogens with one attached hydrogen (secondary N) is 2. The lowest BCUT2D eigenvalue weighted by molar-refractivity contribution is -0.153. The zero-order valence-corrected chi connectivity index (χ0v) is 14.8. The summed E-state index contributed by atoms with van der Waals surface area (Å²) in [7, 11) is 1.92. The number of carbonyl (C=O) groups excluding carboxylic acids is 1. The third kappa shape index (κ3) is 4.08. The third-order valence-electron chi connectivity index (χ3n) is 4.75. The summed E-state index contributed by atoms with van der Waals surface area (Å²) < 4.78 is 13.1. The fourth-order valence-electron chi connectivity index (χ4n) is 3.67. The van der Waals surface area contributed by atoms with Gasteiger partial charge < -0.3 is 20.1 Å². The third-order valence-corrected chi connectivity index (χ3v) is 4.75. The Bertz CT molecular complexity index is 580. The van der Waals surface area contributed by atoms with Gasteiger partial charge in [-0.25, -0.2) is 4.79 Å². The van der Waals surface area contributed by atoms with Gasteiger partial charge in [-0.15, -0.1) is 0 Å². The first-order valence-electron chi connectivity index (χ1n) is 8.80. The number of hydrogen-bond donors (Lipinski definition) is 2. The SMILES string of the molecule is CC(CNC(=O)NC1CCCc2nn(C)cc21)CC1(C)OCCO1. The van der Waals surface area contributed by atoms with Crippen LogP contribution in [0, 0.1) is 5.92 Å². The zero-order chi connectivity index (χ0) is 17.2. The van der Waals surface area contributed by atoms with Crippen molar-refractivity contribution in [2.45, 2.75) is 51.4 Å². The van der Waals surface area contributed by atoms with Crippen LogP contribution in [0.15, 0.2) is 6.20 Å². The molecule has 0 spiro atoms. The van der Waals surface area contributed by atoms with Gasteiger partial charge in [0, 0.05) is 31.8 Å². The number of amides is 2. The molecule has 2 heterocycles. The molecule has 24 heavy (non-hydrogen) atoms. The lowest BCUT2D eigenvalue weighted by Gasteiger charge is -2.27. The number of aryl methyl sites for hydroxylation is 2. The maximum absolute atomic E-state index is 12.2. The summed E-state index contributed by atoms with van der Waals surface area (Å²) in [5, 5.41) is 10.5. The number of nitrogens with zero attached hydrogens (tertiary/aromatic N) is 2. The van der Waals surface area contributed by atoms with E-state index in [9.17, 15) is 4.79 Å². The summed E-state index contributed by atoms with van der Waals surface area (Å²) in [5.41, 5.74) is 2.25. The quantitative estimate of drug-likeness (QED) is 0.861. The van der Waals surface area contributed by atoms with Crippen molar-refractivity contribution in [1.29, 1.82) is 0 Å². The largest absolute Gasteiger partial charge is 0.348 e. The highest BCUT2D eigenvalue weighted by molar-refractivity contribution is 5.74. The number of fused-ring (bicyclic) bond motifs is 1. The van der Waals surface area contributed by atoms with Crippen molar-refractivity contribution in [2.75, 3.05) is 19.8 Å². The van der Waals surface area contributed by atoms with Gasteiger partial charge >= 0.3 is 6.03 Å². The minimum Gasteiger partial charge on any atom is -0.348 e. The smallest absolute Gasteiger partial charge is 0.315 e. The van der Waals surface area contributed by atoms with E-state index in [2.05, 4.69) is 22.7 Å². The van der Waals surface area contributed by atoms with Crippen LogP contribution in [0.1, 0.15) is 50.4 Å². The second kappa shape index (κ2) is 7.11. The molecule has 1 aromatic heterocycles. The number of ether oxygens (including phenoxy) is 2. The number of aromatic nitrogens is 2. The first-order chi connectivity index (χ1) is 11.5. The first kappa shape index (κ1) is 17.2. The van der Waals surface area contributed by atoms with E-state index in [1.807, 2.05) is 24.9 Å². The number of rotatable bonds is 5. The normalized spacial score (nSPS) is 23.5. The van der Waals surface area contributed by atoms with E-state index in [0.29, 0.717) is 19.8 Å². The lowest BCUT2D eigenvalue weighted by atomic mass is 9.93. The van der Waals surface area contributed by atoms with Crippen LogP contribution in [0.3, 0.4) is 0 Å². The van der Waals surface area contributed by atoms with E-state index in [-0.39, 0.29) is 18.0 Å². The molecule has 2 aliphatic rings. The Morgan fingerprint density at radius 2 is 2.25 bits per heavy atom. The Kier molecular flexibility index (Phi) is 5.10. The summed E-state index contributed by atoms with van der Waals surface area (Å²) in [4.78, 5) is 12.2. The molecular formula is C17H28N4O3.